The summed E-state index contributed by atoms with van der Waals surface area (Å²) in [7, 11) is 0. The number of carbonyl (C=O) groups excluding carboxylic acids is 1. The van der Waals surface area contributed by atoms with Gasteiger partial charge in [0.15, 0.2) is 0 Å². The maximum Gasteiger partial charge on any atom is 0.229 e. The van der Waals surface area contributed by atoms with E-state index < -0.39 is 0 Å². The Labute approximate surface area is 96.5 Å². The van der Waals surface area contributed by atoms with Crippen LogP contribution in [0.1, 0.15) is 18.4 Å². The zero-order valence-electron chi connectivity index (χ0n) is 9.65. The number of hydrogen-bond donors (Lipinski definition) is 1. The quantitative estimate of drug-likeness (QED) is 0.809. The fraction of sp³-hybridized carbons (Fsp3) is 0.462. The number of nitrogens with one attached hydrogen (secondary N) is 1. The van der Waals surface area contributed by atoms with E-state index in [9.17, 15) is 4.79 Å². The zero-order valence-corrected chi connectivity index (χ0v) is 9.65. The van der Waals surface area contributed by atoms with Crippen LogP contribution in [0.4, 0.5) is 0 Å². The van der Waals surface area contributed by atoms with Crippen LogP contribution in [0.25, 0.3) is 0 Å². The fourth-order valence-electron chi connectivity index (χ4n) is 2.04. The smallest absolute Gasteiger partial charge is 0.229 e. The molecule has 1 aromatic rings. The fourth-order valence-corrected chi connectivity index (χ4v) is 2.04. The lowest BCUT2D eigenvalue weighted by Crippen LogP contribution is -2.47. The third kappa shape index (κ3) is 2.42. The summed E-state index contributed by atoms with van der Waals surface area (Å²) in [5.74, 6) is 0.215. The first-order valence-electron chi connectivity index (χ1n) is 5.83. The normalized spacial score (nSPS) is 18.2. The summed E-state index contributed by atoms with van der Waals surface area (Å²) in [6.45, 7) is 5.46. The SMILES string of the molecule is C[C@@H](C(=O)N1CCNCC1)c1ccccc1. The van der Waals surface area contributed by atoms with Gasteiger partial charge in [-0.1, -0.05) is 30.3 Å². The Morgan fingerprint density at radius 2 is 1.88 bits per heavy atom. The Kier molecular flexibility index (Phi) is 3.57. The van der Waals surface area contributed by atoms with E-state index in [2.05, 4.69) is 5.32 Å². The van der Waals surface area contributed by atoms with E-state index in [4.69, 9.17) is 0 Å². The lowest BCUT2D eigenvalue weighted by atomic mass is 9.99. The van der Waals surface area contributed by atoms with Crippen molar-refractivity contribution < 1.29 is 4.79 Å². The molecule has 1 N–H and O–H groups in total. The van der Waals surface area contributed by atoms with Crippen LogP contribution in [0.2, 0.25) is 0 Å². The molecule has 2 rings (SSSR count). The number of nitrogens with zero attached hydrogens (tertiary/aromatic N) is 1. The Morgan fingerprint density at radius 3 is 2.50 bits per heavy atom. The van der Waals surface area contributed by atoms with E-state index in [1.165, 1.54) is 0 Å². The van der Waals surface area contributed by atoms with Crippen molar-refractivity contribution in [1.29, 1.82) is 0 Å². The molecule has 3 heteroatoms. The van der Waals surface area contributed by atoms with E-state index in [0.717, 1.165) is 31.7 Å². The van der Waals surface area contributed by atoms with Gasteiger partial charge in [0.1, 0.15) is 0 Å². The van der Waals surface area contributed by atoms with Gasteiger partial charge < -0.3 is 10.2 Å². The second kappa shape index (κ2) is 5.12. The first-order chi connectivity index (χ1) is 7.79. The molecular weight excluding hydrogens is 200 g/mol. The van der Waals surface area contributed by atoms with Gasteiger partial charge in [0, 0.05) is 26.2 Å². The molecule has 1 heterocycles. The number of piperazine rings is 1. The molecule has 0 bridgehead atoms. The van der Waals surface area contributed by atoms with Gasteiger partial charge in [0.2, 0.25) is 5.91 Å². The number of rotatable bonds is 2. The highest BCUT2D eigenvalue weighted by atomic mass is 16.2. The van der Waals surface area contributed by atoms with E-state index >= 15 is 0 Å². The second-order valence-electron chi connectivity index (χ2n) is 4.21. The van der Waals surface area contributed by atoms with Crippen molar-refractivity contribution >= 4 is 5.91 Å². The topological polar surface area (TPSA) is 32.3 Å². The Balaban J connectivity index is 2.04. The predicted molar refractivity (Wildman–Crippen MR) is 64.3 cm³/mol. The van der Waals surface area contributed by atoms with Crippen LogP contribution in [0.3, 0.4) is 0 Å². The van der Waals surface area contributed by atoms with Crippen LogP contribution in [-0.2, 0) is 4.79 Å². The molecule has 1 fully saturated rings. The van der Waals surface area contributed by atoms with Crippen LogP contribution < -0.4 is 5.32 Å². The van der Waals surface area contributed by atoms with Crippen molar-refractivity contribution in [3.63, 3.8) is 0 Å². The number of benzene rings is 1. The zero-order chi connectivity index (χ0) is 11.4. The number of hydrogen-bond acceptors (Lipinski definition) is 2. The van der Waals surface area contributed by atoms with Crippen LogP contribution in [0, 0.1) is 0 Å². The third-order valence-electron chi connectivity index (χ3n) is 3.10. The standard InChI is InChI=1S/C13H18N2O/c1-11(12-5-3-2-4-6-12)13(16)15-9-7-14-8-10-15/h2-6,11,14H,7-10H2,1H3/t11-/m1/s1. The molecule has 1 aromatic carbocycles. The molecule has 0 saturated carbocycles. The molecule has 1 saturated heterocycles. The summed E-state index contributed by atoms with van der Waals surface area (Å²) >= 11 is 0. The van der Waals surface area contributed by atoms with Crippen molar-refractivity contribution in [2.24, 2.45) is 0 Å². The Morgan fingerprint density at radius 1 is 1.25 bits per heavy atom. The van der Waals surface area contributed by atoms with Crippen molar-refractivity contribution in [3.05, 3.63) is 35.9 Å². The average Bonchev–Trinajstić information content (AvgIpc) is 2.39. The van der Waals surface area contributed by atoms with Crippen molar-refractivity contribution in [2.45, 2.75) is 12.8 Å². The highest BCUT2D eigenvalue weighted by Crippen LogP contribution is 2.17. The van der Waals surface area contributed by atoms with Gasteiger partial charge in [-0.25, -0.2) is 0 Å². The van der Waals surface area contributed by atoms with E-state index in [0.29, 0.717) is 0 Å². The van der Waals surface area contributed by atoms with Crippen LogP contribution >= 0.6 is 0 Å². The van der Waals surface area contributed by atoms with Crippen molar-refractivity contribution in [2.75, 3.05) is 26.2 Å². The Bertz CT molecular complexity index is 344. The minimum absolute atomic E-state index is 0.0284. The molecule has 86 valence electrons. The predicted octanol–water partition coefficient (Wildman–Crippen LogP) is 1.22. The molecule has 1 amide bonds. The lowest BCUT2D eigenvalue weighted by molar-refractivity contribution is -0.133. The summed E-state index contributed by atoms with van der Waals surface area (Å²) in [5, 5.41) is 3.25. The van der Waals surface area contributed by atoms with Crippen LogP contribution in [0.5, 0.6) is 0 Å². The molecule has 0 aromatic heterocycles. The Hall–Kier alpha value is -1.35. The highest BCUT2D eigenvalue weighted by molar-refractivity contribution is 5.83. The molecule has 1 atom stereocenters. The largest absolute Gasteiger partial charge is 0.340 e. The molecule has 1 aliphatic rings. The van der Waals surface area contributed by atoms with Gasteiger partial charge >= 0.3 is 0 Å². The minimum Gasteiger partial charge on any atom is -0.340 e. The molecule has 0 unspecified atom stereocenters. The van der Waals surface area contributed by atoms with Gasteiger partial charge in [-0.3, -0.25) is 4.79 Å². The molecule has 0 radical (unpaired) electrons. The first-order valence-corrected chi connectivity index (χ1v) is 5.83. The van der Waals surface area contributed by atoms with E-state index in [1.54, 1.807) is 0 Å². The number of amides is 1. The molecule has 16 heavy (non-hydrogen) atoms. The molecule has 0 aliphatic carbocycles. The van der Waals surface area contributed by atoms with Crippen molar-refractivity contribution in [1.82, 2.24) is 10.2 Å². The molecule has 0 spiro atoms. The summed E-state index contributed by atoms with van der Waals surface area (Å²) in [6, 6.07) is 9.98. The van der Waals surface area contributed by atoms with E-state index in [1.807, 2.05) is 42.2 Å². The van der Waals surface area contributed by atoms with Crippen molar-refractivity contribution in [3.8, 4) is 0 Å². The summed E-state index contributed by atoms with van der Waals surface area (Å²) in [4.78, 5) is 14.1. The van der Waals surface area contributed by atoms with Crippen LogP contribution in [-0.4, -0.2) is 37.0 Å². The highest BCUT2D eigenvalue weighted by Gasteiger charge is 2.22. The first kappa shape index (κ1) is 11.1. The van der Waals surface area contributed by atoms with E-state index in [-0.39, 0.29) is 11.8 Å². The molecule has 1 aliphatic heterocycles. The van der Waals surface area contributed by atoms with Gasteiger partial charge in [0.05, 0.1) is 5.92 Å². The molecule has 3 nitrogen and oxygen atoms in total. The molecular formula is C13H18N2O. The maximum atomic E-state index is 12.2. The van der Waals surface area contributed by atoms with Gasteiger partial charge in [0.25, 0.3) is 0 Å². The van der Waals surface area contributed by atoms with Gasteiger partial charge in [-0.2, -0.15) is 0 Å². The monoisotopic (exact) mass is 218 g/mol. The summed E-state index contributed by atoms with van der Waals surface area (Å²) < 4.78 is 0. The maximum absolute atomic E-state index is 12.2. The van der Waals surface area contributed by atoms with Crippen LogP contribution in [0.15, 0.2) is 30.3 Å². The van der Waals surface area contributed by atoms with Gasteiger partial charge in [-0.15, -0.1) is 0 Å². The summed E-state index contributed by atoms with van der Waals surface area (Å²) in [6.07, 6.45) is 0. The third-order valence-corrected chi connectivity index (χ3v) is 3.10. The van der Waals surface area contributed by atoms with Gasteiger partial charge in [-0.05, 0) is 12.5 Å². The minimum atomic E-state index is -0.0284. The summed E-state index contributed by atoms with van der Waals surface area (Å²) in [5.41, 5.74) is 1.10. The lowest BCUT2D eigenvalue weighted by Gasteiger charge is -2.29. The number of carbonyl (C=O) groups is 1. The second-order valence-corrected chi connectivity index (χ2v) is 4.21. The average molecular weight is 218 g/mol.